The monoisotopic (exact) mass is 470 g/mol. The van der Waals surface area contributed by atoms with Crippen molar-refractivity contribution in [2.75, 3.05) is 11.9 Å². The minimum Gasteiger partial charge on any atom is -0.338 e. The van der Waals surface area contributed by atoms with E-state index in [1.807, 2.05) is 20.8 Å². The van der Waals surface area contributed by atoms with Crippen LogP contribution < -0.4 is 5.32 Å². The van der Waals surface area contributed by atoms with E-state index in [1.165, 1.54) is 0 Å². The number of rotatable bonds is 3. The van der Waals surface area contributed by atoms with Crippen LogP contribution in [0.3, 0.4) is 0 Å². The van der Waals surface area contributed by atoms with E-state index in [4.69, 9.17) is 11.6 Å². The fourth-order valence-electron chi connectivity index (χ4n) is 3.70. The van der Waals surface area contributed by atoms with Crippen LogP contribution in [0.2, 0.25) is 5.02 Å². The summed E-state index contributed by atoms with van der Waals surface area (Å²) in [5, 5.41) is 2.89. The number of anilines is 1. The first kappa shape index (κ1) is 24.0. The molecular weight excluding hydrogens is 448 g/mol. The standard InChI is InChI=1S/C23H23ClF4N2O2/c1-22(2,3)21(32)30-10-9-15-14(12-30)7-8-17(24)20(15)29-18(31)11-13-5-4-6-16(19(13)25)23(26,27)28/h4-8H,9-12H2,1-3H3,(H,29,31). The Bertz CT molecular complexity index is 1060. The molecule has 3 rings (SSSR count). The third-order valence-electron chi connectivity index (χ3n) is 5.28. The van der Waals surface area contributed by atoms with Gasteiger partial charge in [-0.1, -0.05) is 50.6 Å². The second-order valence-corrected chi connectivity index (χ2v) is 9.20. The van der Waals surface area contributed by atoms with Gasteiger partial charge in [0.1, 0.15) is 5.82 Å². The van der Waals surface area contributed by atoms with Gasteiger partial charge in [0.25, 0.3) is 0 Å². The van der Waals surface area contributed by atoms with E-state index in [-0.39, 0.29) is 16.5 Å². The zero-order chi connectivity index (χ0) is 23.8. The van der Waals surface area contributed by atoms with Gasteiger partial charge in [0.05, 0.1) is 22.7 Å². The Morgan fingerprint density at radius 3 is 2.44 bits per heavy atom. The smallest absolute Gasteiger partial charge is 0.338 e. The van der Waals surface area contributed by atoms with Crippen LogP contribution in [-0.2, 0) is 35.2 Å². The molecule has 0 aliphatic carbocycles. The minimum absolute atomic E-state index is 0.00343. The van der Waals surface area contributed by atoms with Crippen LogP contribution >= 0.6 is 11.6 Å². The number of hydrogen-bond donors (Lipinski definition) is 1. The lowest BCUT2D eigenvalue weighted by Gasteiger charge is -2.34. The third-order valence-corrected chi connectivity index (χ3v) is 5.60. The number of nitrogens with zero attached hydrogens (tertiary/aromatic N) is 1. The maximum atomic E-state index is 14.3. The summed E-state index contributed by atoms with van der Waals surface area (Å²) in [4.78, 5) is 26.9. The summed E-state index contributed by atoms with van der Waals surface area (Å²) in [6.07, 6.45) is -4.98. The lowest BCUT2D eigenvalue weighted by atomic mass is 9.91. The minimum atomic E-state index is -4.85. The summed E-state index contributed by atoms with van der Waals surface area (Å²) < 4.78 is 53.1. The predicted octanol–water partition coefficient (Wildman–Crippen LogP) is 5.61. The van der Waals surface area contributed by atoms with E-state index < -0.39 is 35.3 Å². The molecule has 0 saturated heterocycles. The zero-order valence-electron chi connectivity index (χ0n) is 17.9. The Balaban J connectivity index is 1.81. The molecule has 0 aromatic heterocycles. The largest absolute Gasteiger partial charge is 0.419 e. The molecule has 0 unspecified atom stereocenters. The van der Waals surface area contributed by atoms with E-state index in [9.17, 15) is 27.2 Å². The molecule has 0 bridgehead atoms. The van der Waals surface area contributed by atoms with Crippen molar-refractivity contribution in [3.8, 4) is 0 Å². The molecule has 0 saturated carbocycles. The summed E-state index contributed by atoms with van der Waals surface area (Å²) in [6, 6.07) is 6.20. The third kappa shape index (κ3) is 5.06. The van der Waals surface area contributed by atoms with Crippen molar-refractivity contribution in [1.29, 1.82) is 0 Å². The van der Waals surface area contributed by atoms with Crippen LogP contribution in [0.15, 0.2) is 30.3 Å². The molecule has 0 fully saturated rings. The van der Waals surface area contributed by atoms with Gasteiger partial charge in [-0.2, -0.15) is 13.2 Å². The lowest BCUT2D eigenvalue weighted by molar-refractivity contribution is -0.141. The average Bonchev–Trinajstić information content (AvgIpc) is 2.69. The van der Waals surface area contributed by atoms with Gasteiger partial charge in [-0.15, -0.1) is 0 Å². The van der Waals surface area contributed by atoms with Gasteiger partial charge in [0.2, 0.25) is 11.8 Å². The number of hydrogen-bond acceptors (Lipinski definition) is 2. The number of carbonyl (C=O) groups is 2. The molecule has 4 nitrogen and oxygen atoms in total. The molecule has 9 heteroatoms. The topological polar surface area (TPSA) is 49.4 Å². The fourth-order valence-corrected chi connectivity index (χ4v) is 3.93. The highest BCUT2D eigenvalue weighted by molar-refractivity contribution is 6.34. The Labute approximate surface area is 188 Å². The molecular formula is C23H23ClF4N2O2. The maximum Gasteiger partial charge on any atom is 0.419 e. The van der Waals surface area contributed by atoms with Gasteiger partial charge < -0.3 is 10.2 Å². The Hall–Kier alpha value is -2.61. The van der Waals surface area contributed by atoms with Crippen LogP contribution in [0.25, 0.3) is 0 Å². The van der Waals surface area contributed by atoms with Crippen molar-refractivity contribution in [3.63, 3.8) is 0 Å². The molecule has 1 heterocycles. The molecule has 2 aromatic carbocycles. The van der Waals surface area contributed by atoms with Gasteiger partial charge in [0, 0.05) is 18.5 Å². The average molecular weight is 471 g/mol. The highest BCUT2D eigenvalue weighted by Crippen LogP contribution is 2.35. The molecule has 172 valence electrons. The molecule has 1 aliphatic heterocycles. The summed E-state index contributed by atoms with van der Waals surface area (Å²) in [7, 11) is 0. The first-order chi connectivity index (χ1) is 14.8. The highest BCUT2D eigenvalue weighted by atomic mass is 35.5. The number of nitrogens with one attached hydrogen (secondary N) is 1. The highest BCUT2D eigenvalue weighted by Gasteiger charge is 2.35. The van der Waals surface area contributed by atoms with Crippen molar-refractivity contribution >= 4 is 29.1 Å². The summed E-state index contributed by atoms with van der Waals surface area (Å²) in [6.45, 7) is 6.31. The van der Waals surface area contributed by atoms with Crippen LogP contribution in [0.5, 0.6) is 0 Å². The van der Waals surface area contributed by atoms with Gasteiger partial charge in [-0.05, 0) is 35.2 Å². The SMILES string of the molecule is CC(C)(C)C(=O)N1CCc2c(ccc(Cl)c2NC(=O)Cc2cccc(C(F)(F)F)c2F)C1. The van der Waals surface area contributed by atoms with Crippen LogP contribution in [0.4, 0.5) is 23.2 Å². The first-order valence-electron chi connectivity index (χ1n) is 10.0. The van der Waals surface area contributed by atoms with Crippen LogP contribution in [0.1, 0.15) is 43.0 Å². The van der Waals surface area contributed by atoms with Gasteiger partial charge in [-0.25, -0.2) is 4.39 Å². The summed E-state index contributed by atoms with van der Waals surface area (Å²) in [5.41, 5.74) is -0.394. The van der Waals surface area contributed by atoms with E-state index in [1.54, 1.807) is 17.0 Å². The molecule has 0 spiro atoms. The first-order valence-corrected chi connectivity index (χ1v) is 10.4. The van der Waals surface area contributed by atoms with E-state index >= 15 is 0 Å². The van der Waals surface area contributed by atoms with Crippen molar-refractivity contribution in [3.05, 3.63) is 63.4 Å². The van der Waals surface area contributed by atoms with Crippen molar-refractivity contribution in [2.45, 2.75) is 46.3 Å². The van der Waals surface area contributed by atoms with Crippen LogP contribution in [0, 0.1) is 11.2 Å². The number of alkyl halides is 3. The normalized spacial score (nSPS) is 14.2. The quantitative estimate of drug-likeness (QED) is 0.593. The van der Waals surface area contributed by atoms with Crippen molar-refractivity contribution in [1.82, 2.24) is 4.90 Å². The molecule has 1 N–H and O–H groups in total. The predicted molar refractivity (Wildman–Crippen MR) is 114 cm³/mol. The second kappa shape index (κ2) is 8.73. The Kier molecular flexibility index (Phi) is 6.56. The fraction of sp³-hybridized carbons (Fsp3) is 0.391. The van der Waals surface area contributed by atoms with Crippen molar-refractivity contribution in [2.24, 2.45) is 5.41 Å². The van der Waals surface area contributed by atoms with E-state index in [0.717, 1.165) is 23.3 Å². The number of benzene rings is 2. The van der Waals surface area contributed by atoms with Crippen molar-refractivity contribution < 1.29 is 27.2 Å². The number of fused-ring (bicyclic) bond motifs is 1. The molecule has 1 aliphatic rings. The molecule has 0 radical (unpaired) electrons. The van der Waals surface area contributed by atoms with E-state index in [0.29, 0.717) is 31.3 Å². The van der Waals surface area contributed by atoms with E-state index in [2.05, 4.69) is 5.32 Å². The summed E-state index contributed by atoms with van der Waals surface area (Å²) in [5.74, 6) is -2.15. The number of carbonyl (C=O) groups excluding carboxylic acids is 2. The molecule has 32 heavy (non-hydrogen) atoms. The van der Waals surface area contributed by atoms with Gasteiger partial charge in [-0.3, -0.25) is 9.59 Å². The molecule has 2 amide bonds. The summed E-state index contributed by atoms with van der Waals surface area (Å²) >= 11 is 6.28. The second-order valence-electron chi connectivity index (χ2n) is 8.79. The number of halogens is 5. The van der Waals surface area contributed by atoms with Crippen LogP contribution in [-0.4, -0.2) is 23.3 Å². The van der Waals surface area contributed by atoms with Gasteiger partial charge in [0.15, 0.2) is 0 Å². The maximum absolute atomic E-state index is 14.3. The molecule has 0 atom stereocenters. The Morgan fingerprint density at radius 1 is 1.12 bits per heavy atom. The Morgan fingerprint density at radius 2 is 1.81 bits per heavy atom. The zero-order valence-corrected chi connectivity index (χ0v) is 18.6. The van der Waals surface area contributed by atoms with Gasteiger partial charge >= 0.3 is 6.18 Å². The molecule has 2 aromatic rings. The number of amides is 2. The lowest BCUT2D eigenvalue weighted by Crippen LogP contribution is -2.42.